The maximum Gasteiger partial charge on any atom is 0.277 e. The number of nitro groups is 1. The molecule has 96 valence electrons. The second kappa shape index (κ2) is 4.66. The molecule has 0 amide bonds. The van der Waals surface area contributed by atoms with E-state index >= 15 is 0 Å². The summed E-state index contributed by atoms with van der Waals surface area (Å²) in [5, 5.41) is 11.0. The van der Waals surface area contributed by atoms with Gasteiger partial charge in [0.1, 0.15) is 0 Å². The van der Waals surface area contributed by atoms with Gasteiger partial charge in [0.05, 0.1) is 22.7 Å². The number of para-hydroxylation sites is 1. The van der Waals surface area contributed by atoms with E-state index < -0.39 is 6.29 Å². The normalized spacial score (nSPS) is 31.0. The fourth-order valence-corrected chi connectivity index (χ4v) is 2.73. The Labute approximate surface area is 105 Å². The summed E-state index contributed by atoms with van der Waals surface area (Å²) in [5.41, 5.74) is 0.599. The molecule has 1 aromatic rings. The Hall–Kier alpha value is -1.46. The minimum atomic E-state index is -0.587. The van der Waals surface area contributed by atoms with Gasteiger partial charge in [0, 0.05) is 12.5 Å². The van der Waals surface area contributed by atoms with Crippen molar-refractivity contribution in [2.75, 3.05) is 0 Å². The summed E-state index contributed by atoms with van der Waals surface area (Å²) in [5.74, 6) is 0. The molecule has 1 aromatic carbocycles. The van der Waals surface area contributed by atoms with Gasteiger partial charge >= 0.3 is 0 Å². The maximum atomic E-state index is 11.0. The molecule has 0 spiro atoms. The van der Waals surface area contributed by atoms with Crippen LogP contribution in [0.3, 0.4) is 0 Å². The smallest absolute Gasteiger partial charge is 0.277 e. The van der Waals surface area contributed by atoms with Crippen LogP contribution in [0.1, 0.15) is 37.5 Å². The molecule has 2 fully saturated rings. The number of ether oxygens (including phenoxy) is 2. The van der Waals surface area contributed by atoms with Crippen LogP contribution in [0.15, 0.2) is 24.3 Å². The van der Waals surface area contributed by atoms with Crippen molar-refractivity contribution in [1.82, 2.24) is 0 Å². The molecule has 1 heterocycles. The Morgan fingerprint density at radius 1 is 1.17 bits per heavy atom. The number of fused-ring (bicyclic) bond motifs is 2. The summed E-state index contributed by atoms with van der Waals surface area (Å²) >= 11 is 0. The standard InChI is InChI=1S/C13H15NO4/c15-14(16)12-7-2-1-6-11(12)13-17-9-4-3-5-10(8-9)18-13/h1-2,6-7,9-10,13H,3-5,8H2/t9-,10+,13?. The third kappa shape index (κ3) is 2.11. The molecular weight excluding hydrogens is 234 g/mol. The predicted octanol–water partition coefficient (Wildman–Crippen LogP) is 2.95. The van der Waals surface area contributed by atoms with Crippen LogP contribution in [0.25, 0.3) is 0 Å². The highest BCUT2D eigenvalue weighted by Gasteiger charge is 2.36. The Bertz CT molecular complexity index is 450. The number of rotatable bonds is 2. The van der Waals surface area contributed by atoms with Crippen molar-refractivity contribution in [2.45, 2.75) is 44.2 Å². The second-order valence-corrected chi connectivity index (χ2v) is 4.83. The number of hydrogen-bond acceptors (Lipinski definition) is 4. The van der Waals surface area contributed by atoms with E-state index in [1.165, 1.54) is 6.07 Å². The van der Waals surface area contributed by atoms with E-state index in [4.69, 9.17) is 9.47 Å². The highest BCUT2D eigenvalue weighted by molar-refractivity contribution is 5.40. The third-order valence-corrected chi connectivity index (χ3v) is 3.60. The van der Waals surface area contributed by atoms with E-state index in [0.717, 1.165) is 25.7 Å². The van der Waals surface area contributed by atoms with Crippen LogP contribution in [0.2, 0.25) is 0 Å². The van der Waals surface area contributed by atoms with Gasteiger partial charge in [-0.2, -0.15) is 0 Å². The zero-order chi connectivity index (χ0) is 12.5. The molecule has 1 aliphatic carbocycles. The molecule has 2 bridgehead atoms. The van der Waals surface area contributed by atoms with E-state index in [-0.39, 0.29) is 22.8 Å². The number of benzene rings is 1. The Kier molecular flexibility index (Phi) is 3.01. The first-order valence-electron chi connectivity index (χ1n) is 6.28. The van der Waals surface area contributed by atoms with Crippen LogP contribution < -0.4 is 0 Å². The fraction of sp³-hybridized carbons (Fsp3) is 0.538. The quantitative estimate of drug-likeness (QED) is 0.597. The molecular formula is C13H15NO4. The molecule has 1 saturated heterocycles. The summed E-state index contributed by atoms with van der Waals surface area (Å²) in [6, 6.07) is 6.64. The minimum Gasteiger partial charge on any atom is -0.345 e. The summed E-state index contributed by atoms with van der Waals surface area (Å²) in [6.45, 7) is 0. The molecule has 2 aliphatic rings. The fourth-order valence-electron chi connectivity index (χ4n) is 2.73. The average Bonchev–Trinajstić information content (AvgIpc) is 2.38. The van der Waals surface area contributed by atoms with Gasteiger partial charge in [0.15, 0.2) is 6.29 Å². The van der Waals surface area contributed by atoms with Crippen molar-refractivity contribution < 1.29 is 14.4 Å². The molecule has 0 radical (unpaired) electrons. The van der Waals surface area contributed by atoms with Gasteiger partial charge in [-0.05, 0) is 25.3 Å². The Morgan fingerprint density at radius 3 is 2.50 bits per heavy atom. The van der Waals surface area contributed by atoms with Gasteiger partial charge in [-0.3, -0.25) is 10.1 Å². The average molecular weight is 249 g/mol. The van der Waals surface area contributed by atoms with E-state index in [0.29, 0.717) is 5.56 Å². The Morgan fingerprint density at radius 2 is 1.83 bits per heavy atom. The Balaban J connectivity index is 1.88. The van der Waals surface area contributed by atoms with Crippen molar-refractivity contribution in [2.24, 2.45) is 0 Å². The highest BCUT2D eigenvalue weighted by Crippen LogP contribution is 2.39. The van der Waals surface area contributed by atoms with Gasteiger partial charge in [-0.15, -0.1) is 0 Å². The predicted molar refractivity (Wildman–Crippen MR) is 64.1 cm³/mol. The SMILES string of the molecule is O=[N+]([O-])c1ccccc1C1O[C@@H]2CCC[C@@H](C2)O1. The first-order chi connectivity index (χ1) is 8.74. The molecule has 5 nitrogen and oxygen atoms in total. The van der Waals surface area contributed by atoms with Crippen molar-refractivity contribution in [3.63, 3.8) is 0 Å². The third-order valence-electron chi connectivity index (χ3n) is 3.60. The van der Waals surface area contributed by atoms with Crippen molar-refractivity contribution >= 4 is 5.69 Å². The molecule has 3 rings (SSSR count). The van der Waals surface area contributed by atoms with Crippen LogP contribution in [0.5, 0.6) is 0 Å². The lowest BCUT2D eigenvalue weighted by molar-refractivity contribution is -0.388. The van der Waals surface area contributed by atoms with Gasteiger partial charge < -0.3 is 9.47 Å². The number of nitro benzene ring substituents is 1. The lowest BCUT2D eigenvalue weighted by atomic mass is 9.93. The van der Waals surface area contributed by atoms with E-state index in [2.05, 4.69) is 0 Å². The van der Waals surface area contributed by atoms with Crippen LogP contribution >= 0.6 is 0 Å². The van der Waals surface area contributed by atoms with Crippen molar-refractivity contribution in [1.29, 1.82) is 0 Å². The van der Waals surface area contributed by atoms with Gasteiger partial charge in [-0.1, -0.05) is 12.1 Å². The van der Waals surface area contributed by atoms with E-state index in [1.807, 2.05) is 0 Å². The molecule has 18 heavy (non-hydrogen) atoms. The van der Waals surface area contributed by atoms with Crippen molar-refractivity contribution in [3.05, 3.63) is 39.9 Å². The van der Waals surface area contributed by atoms with E-state index in [9.17, 15) is 10.1 Å². The lowest BCUT2D eigenvalue weighted by Gasteiger charge is -2.39. The molecule has 0 aromatic heterocycles. The largest absolute Gasteiger partial charge is 0.345 e. The van der Waals surface area contributed by atoms with Crippen LogP contribution in [-0.4, -0.2) is 17.1 Å². The van der Waals surface area contributed by atoms with Crippen molar-refractivity contribution in [3.8, 4) is 0 Å². The zero-order valence-corrected chi connectivity index (χ0v) is 9.95. The first-order valence-corrected chi connectivity index (χ1v) is 6.28. The van der Waals surface area contributed by atoms with Gasteiger partial charge in [0.2, 0.25) is 0 Å². The number of hydrogen-bond donors (Lipinski definition) is 0. The maximum absolute atomic E-state index is 11.0. The molecule has 1 aliphatic heterocycles. The molecule has 3 atom stereocenters. The van der Waals surface area contributed by atoms with Crippen LogP contribution in [0, 0.1) is 10.1 Å². The molecule has 5 heteroatoms. The van der Waals surface area contributed by atoms with Gasteiger partial charge in [0.25, 0.3) is 5.69 Å². The molecule has 0 N–H and O–H groups in total. The summed E-state index contributed by atoms with van der Waals surface area (Å²) in [4.78, 5) is 10.6. The monoisotopic (exact) mass is 249 g/mol. The lowest BCUT2D eigenvalue weighted by Crippen LogP contribution is -2.37. The van der Waals surface area contributed by atoms with E-state index in [1.54, 1.807) is 18.2 Å². The topological polar surface area (TPSA) is 61.6 Å². The number of nitrogens with zero attached hydrogens (tertiary/aromatic N) is 1. The summed E-state index contributed by atoms with van der Waals surface area (Å²) in [6.07, 6.45) is 3.85. The first kappa shape index (κ1) is 11.6. The van der Waals surface area contributed by atoms with Crippen LogP contribution in [-0.2, 0) is 9.47 Å². The van der Waals surface area contributed by atoms with Gasteiger partial charge in [-0.25, -0.2) is 0 Å². The minimum absolute atomic E-state index is 0.0717. The van der Waals surface area contributed by atoms with Crippen LogP contribution in [0.4, 0.5) is 5.69 Å². The zero-order valence-electron chi connectivity index (χ0n) is 9.95. The second-order valence-electron chi connectivity index (χ2n) is 4.83. The summed E-state index contributed by atoms with van der Waals surface area (Å²) < 4.78 is 11.6. The molecule has 1 saturated carbocycles. The summed E-state index contributed by atoms with van der Waals surface area (Å²) in [7, 11) is 0. The highest BCUT2D eigenvalue weighted by atomic mass is 16.7. The molecule has 1 unspecified atom stereocenters.